The van der Waals surface area contributed by atoms with E-state index in [1.807, 2.05) is 23.1 Å². The monoisotopic (exact) mass is 328 g/mol. The highest BCUT2D eigenvalue weighted by molar-refractivity contribution is 9.10. The molecule has 3 rings (SSSR count). The van der Waals surface area contributed by atoms with Crippen molar-refractivity contribution in [1.29, 1.82) is 0 Å². The molecule has 3 nitrogen and oxygen atoms in total. The van der Waals surface area contributed by atoms with Crippen LogP contribution in [0.2, 0.25) is 5.02 Å². The Bertz CT molecular complexity index is 494. The molecule has 2 unspecified atom stereocenters. The fourth-order valence-electron chi connectivity index (χ4n) is 2.92. The average Bonchev–Trinajstić information content (AvgIpc) is 2.90. The quantitative estimate of drug-likeness (QED) is 0.903. The van der Waals surface area contributed by atoms with Crippen LogP contribution in [-0.4, -0.2) is 29.4 Å². The van der Waals surface area contributed by atoms with Gasteiger partial charge in [-0.05, 0) is 31.0 Å². The molecular formula is C13H14BrClN2O. The van der Waals surface area contributed by atoms with Crippen molar-refractivity contribution in [3.05, 3.63) is 27.7 Å². The molecule has 0 radical (unpaired) electrons. The van der Waals surface area contributed by atoms with Crippen molar-refractivity contribution in [3.8, 4) is 0 Å². The Labute approximate surface area is 120 Å². The first-order chi connectivity index (χ1) is 8.65. The van der Waals surface area contributed by atoms with E-state index in [-0.39, 0.29) is 11.9 Å². The molecule has 0 saturated carbocycles. The largest absolute Gasteiger partial charge is 0.378 e. The van der Waals surface area contributed by atoms with Crippen LogP contribution >= 0.6 is 27.5 Å². The van der Waals surface area contributed by atoms with Crippen LogP contribution in [-0.2, 0) is 4.79 Å². The molecule has 0 aromatic heterocycles. The third-order valence-corrected chi connectivity index (χ3v) is 4.57. The van der Waals surface area contributed by atoms with Gasteiger partial charge in [0.2, 0.25) is 5.91 Å². The molecule has 2 aliphatic heterocycles. The smallest absolute Gasteiger partial charge is 0.225 e. The second kappa shape index (κ2) is 4.74. The van der Waals surface area contributed by atoms with E-state index in [0.29, 0.717) is 17.5 Å². The van der Waals surface area contributed by atoms with Crippen LogP contribution < -0.4 is 5.32 Å². The van der Waals surface area contributed by atoms with Gasteiger partial charge in [-0.3, -0.25) is 4.79 Å². The van der Waals surface area contributed by atoms with Crippen molar-refractivity contribution in [2.24, 2.45) is 0 Å². The van der Waals surface area contributed by atoms with Gasteiger partial charge in [-0.15, -0.1) is 0 Å². The maximum absolute atomic E-state index is 11.9. The van der Waals surface area contributed by atoms with Crippen LogP contribution in [0.25, 0.3) is 0 Å². The highest BCUT2D eigenvalue weighted by Crippen LogP contribution is 2.33. The fourth-order valence-corrected chi connectivity index (χ4v) is 3.45. The summed E-state index contributed by atoms with van der Waals surface area (Å²) in [7, 11) is 0. The topological polar surface area (TPSA) is 32.3 Å². The molecular weight excluding hydrogens is 316 g/mol. The maximum Gasteiger partial charge on any atom is 0.225 e. The molecule has 0 bridgehead atoms. The van der Waals surface area contributed by atoms with Gasteiger partial charge in [-0.25, -0.2) is 0 Å². The van der Waals surface area contributed by atoms with E-state index in [1.165, 1.54) is 0 Å². The molecule has 2 fully saturated rings. The van der Waals surface area contributed by atoms with Gasteiger partial charge >= 0.3 is 0 Å². The molecule has 18 heavy (non-hydrogen) atoms. The third-order valence-electron chi connectivity index (χ3n) is 3.75. The van der Waals surface area contributed by atoms with Gasteiger partial charge in [0, 0.05) is 17.4 Å². The van der Waals surface area contributed by atoms with E-state index in [4.69, 9.17) is 11.6 Å². The SMILES string of the molecule is O=C1CC(Nc2cc(Br)ccc2Cl)C2CCCN12. The Morgan fingerprint density at radius 3 is 3.11 bits per heavy atom. The van der Waals surface area contributed by atoms with E-state index < -0.39 is 0 Å². The minimum atomic E-state index is 0.187. The molecule has 2 saturated heterocycles. The zero-order valence-corrected chi connectivity index (χ0v) is 12.2. The van der Waals surface area contributed by atoms with Crippen LogP contribution in [0.15, 0.2) is 22.7 Å². The van der Waals surface area contributed by atoms with Crippen molar-refractivity contribution in [2.45, 2.75) is 31.3 Å². The van der Waals surface area contributed by atoms with Gasteiger partial charge in [0.15, 0.2) is 0 Å². The van der Waals surface area contributed by atoms with Gasteiger partial charge in [0.1, 0.15) is 0 Å². The fraction of sp³-hybridized carbons (Fsp3) is 0.462. The summed E-state index contributed by atoms with van der Waals surface area (Å²) >= 11 is 9.61. The van der Waals surface area contributed by atoms with Gasteiger partial charge in [0.25, 0.3) is 0 Å². The van der Waals surface area contributed by atoms with Crippen LogP contribution in [0.1, 0.15) is 19.3 Å². The highest BCUT2D eigenvalue weighted by atomic mass is 79.9. The molecule has 1 N–H and O–H groups in total. The van der Waals surface area contributed by atoms with Crippen LogP contribution in [0.4, 0.5) is 5.69 Å². The van der Waals surface area contributed by atoms with E-state index in [0.717, 1.165) is 29.5 Å². The number of carbonyl (C=O) groups excluding carboxylic acids is 1. The van der Waals surface area contributed by atoms with Crippen molar-refractivity contribution in [2.75, 3.05) is 11.9 Å². The lowest BCUT2D eigenvalue weighted by Gasteiger charge is -2.22. The molecule has 0 spiro atoms. The normalized spacial score (nSPS) is 26.6. The molecule has 5 heteroatoms. The Hall–Kier alpha value is -0.740. The number of nitrogens with zero attached hydrogens (tertiary/aromatic N) is 1. The zero-order valence-electron chi connectivity index (χ0n) is 9.83. The van der Waals surface area contributed by atoms with Crippen LogP contribution in [0, 0.1) is 0 Å². The lowest BCUT2D eigenvalue weighted by molar-refractivity contribution is -0.127. The summed E-state index contributed by atoms with van der Waals surface area (Å²) in [5.41, 5.74) is 0.901. The highest BCUT2D eigenvalue weighted by Gasteiger charge is 2.42. The van der Waals surface area contributed by atoms with Crippen LogP contribution in [0.5, 0.6) is 0 Å². The van der Waals surface area contributed by atoms with E-state index in [9.17, 15) is 4.79 Å². The first-order valence-electron chi connectivity index (χ1n) is 6.16. The van der Waals surface area contributed by atoms with Gasteiger partial charge in [0.05, 0.1) is 22.8 Å². The summed E-state index contributed by atoms with van der Waals surface area (Å²) in [6.07, 6.45) is 2.78. The summed E-state index contributed by atoms with van der Waals surface area (Å²) in [5, 5.41) is 4.12. The number of fused-ring (bicyclic) bond motifs is 1. The predicted molar refractivity (Wildman–Crippen MR) is 75.9 cm³/mol. The second-order valence-electron chi connectivity index (χ2n) is 4.88. The lowest BCUT2D eigenvalue weighted by atomic mass is 10.1. The molecule has 1 aromatic rings. The summed E-state index contributed by atoms with van der Waals surface area (Å²) in [5.74, 6) is 0.265. The summed E-state index contributed by atoms with van der Waals surface area (Å²) in [4.78, 5) is 13.9. The second-order valence-corrected chi connectivity index (χ2v) is 6.20. The third kappa shape index (κ3) is 2.12. The van der Waals surface area contributed by atoms with Crippen molar-refractivity contribution >= 4 is 39.1 Å². The first kappa shape index (κ1) is 12.3. The molecule has 1 amide bonds. The molecule has 2 heterocycles. The Morgan fingerprint density at radius 2 is 2.28 bits per heavy atom. The molecule has 1 aromatic carbocycles. The van der Waals surface area contributed by atoms with E-state index >= 15 is 0 Å². The maximum atomic E-state index is 11.9. The molecule has 2 atom stereocenters. The van der Waals surface area contributed by atoms with Crippen molar-refractivity contribution < 1.29 is 4.79 Å². The van der Waals surface area contributed by atoms with Crippen LogP contribution in [0.3, 0.4) is 0 Å². The van der Waals surface area contributed by atoms with Crippen molar-refractivity contribution in [3.63, 3.8) is 0 Å². The Balaban J connectivity index is 1.80. The van der Waals surface area contributed by atoms with Gasteiger partial charge in [-0.1, -0.05) is 27.5 Å². The number of benzene rings is 1. The number of nitrogens with one attached hydrogen (secondary N) is 1. The standard InChI is InChI=1S/C13H14BrClN2O/c14-8-3-4-9(15)10(6-8)16-11-7-13(18)17-5-1-2-12(11)17/h3-4,6,11-12,16H,1-2,5,7H2. The van der Waals surface area contributed by atoms with E-state index in [1.54, 1.807) is 0 Å². The van der Waals surface area contributed by atoms with Gasteiger partial charge in [-0.2, -0.15) is 0 Å². The first-order valence-corrected chi connectivity index (χ1v) is 7.33. The number of hydrogen-bond acceptors (Lipinski definition) is 2. The Kier molecular flexibility index (Phi) is 3.24. The summed E-state index contributed by atoms with van der Waals surface area (Å²) in [6, 6.07) is 6.26. The minimum absolute atomic E-state index is 0.187. The summed E-state index contributed by atoms with van der Waals surface area (Å²) < 4.78 is 0.988. The van der Waals surface area contributed by atoms with Gasteiger partial charge < -0.3 is 10.2 Å². The number of carbonyl (C=O) groups is 1. The summed E-state index contributed by atoms with van der Waals surface area (Å²) in [6.45, 7) is 0.911. The number of amides is 1. The molecule has 0 aliphatic carbocycles. The molecule has 96 valence electrons. The average molecular weight is 330 g/mol. The minimum Gasteiger partial charge on any atom is -0.378 e. The number of rotatable bonds is 2. The number of hydrogen-bond donors (Lipinski definition) is 1. The Morgan fingerprint density at radius 1 is 1.44 bits per heavy atom. The zero-order chi connectivity index (χ0) is 12.7. The molecule has 2 aliphatic rings. The number of halogens is 2. The number of anilines is 1. The van der Waals surface area contributed by atoms with E-state index in [2.05, 4.69) is 21.2 Å². The lowest BCUT2D eigenvalue weighted by Crippen LogP contribution is -2.34. The van der Waals surface area contributed by atoms with Crippen molar-refractivity contribution in [1.82, 2.24) is 4.90 Å². The predicted octanol–water partition coefficient (Wildman–Crippen LogP) is 3.28.